The number of aromatic amines is 1. The topological polar surface area (TPSA) is 38.5 Å². The maximum atomic E-state index is 12.6. The summed E-state index contributed by atoms with van der Waals surface area (Å²) in [6, 6.07) is 15.7. The van der Waals surface area contributed by atoms with Crippen LogP contribution in [-0.2, 0) is 12.4 Å². The molecule has 0 unspecified atom stereocenters. The molecule has 216 valence electrons. The zero-order valence-corrected chi connectivity index (χ0v) is 25.8. The summed E-state index contributed by atoms with van der Waals surface area (Å²) in [6.07, 6.45) is -7.13. The largest absolute Gasteiger partial charge is 0.435 e. The van der Waals surface area contributed by atoms with Gasteiger partial charge in [0, 0.05) is 21.1 Å². The molecule has 0 radical (unpaired) electrons. The van der Waals surface area contributed by atoms with Gasteiger partial charge in [0.2, 0.25) is 0 Å². The van der Waals surface area contributed by atoms with Crippen LogP contribution in [0.1, 0.15) is 26.2 Å². The van der Waals surface area contributed by atoms with E-state index >= 15 is 0 Å². The number of nitrogens with one attached hydrogen (secondary N) is 1. The van der Waals surface area contributed by atoms with Gasteiger partial charge in [-0.25, -0.2) is 9.36 Å². The van der Waals surface area contributed by atoms with Gasteiger partial charge in [0.25, 0.3) is 0 Å². The molecule has 4 rings (SSSR count). The van der Waals surface area contributed by atoms with Gasteiger partial charge in [0.05, 0.1) is 11.4 Å². The first-order valence-corrected chi connectivity index (χ1v) is 15.2. The van der Waals surface area contributed by atoms with Gasteiger partial charge in [-0.1, -0.05) is 81.5 Å². The Labute approximate surface area is 263 Å². The number of aromatic nitrogens is 4. The molecule has 0 bridgehead atoms. The van der Waals surface area contributed by atoms with Crippen molar-refractivity contribution in [3.05, 3.63) is 85.6 Å². The Kier molecular flexibility index (Phi) is 15.7. The molecule has 0 saturated carbocycles. The van der Waals surface area contributed by atoms with Crippen molar-refractivity contribution in [2.75, 3.05) is 11.2 Å². The van der Waals surface area contributed by atoms with Gasteiger partial charge in [0.1, 0.15) is 15.4 Å². The fraction of sp³-hybridized carbons (Fsp3) is 0.250. The van der Waals surface area contributed by atoms with Crippen molar-refractivity contribution in [3.63, 3.8) is 0 Å². The number of nitrogens with zero attached hydrogens (tertiary/aromatic N) is 3. The molecule has 0 fully saturated rings. The van der Waals surface area contributed by atoms with Gasteiger partial charge >= 0.3 is 12.4 Å². The Hall–Kier alpha value is -1.30. The number of hydrogen-bond donors (Lipinski definition) is 1. The maximum absolute atomic E-state index is 12.6. The third-order valence-electron chi connectivity index (χ3n) is 4.36. The van der Waals surface area contributed by atoms with Gasteiger partial charge < -0.3 is 0 Å². The van der Waals surface area contributed by atoms with E-state index in [0.29, 0.717) is 16.4 Å². The molecule has 4 nitrogen and oxygen atoms in total. The molecule has 15 heteroatoms. The van der Waals surface area contributed by atoms with E-state index in [0.717, 1.165) is 21.1 Å². The van der Waals surface area contributed by atoms with Crippen molar-refractivity contribution in [1.29, 1.82) is 0 Å². The second-order valence-corrected chi connectivity index (χ2v) is 9.85. The van der Waals surface area contributed by atoms with Crippen LogP contribution in [-0.4, -0.2) is 30.7 Å². The van der Waals surface area contributed by atoms with E-state index in [2.05, 4.69) is 64.6 Å². The van der Waals surface area contributed by atoms with Gasteiger partial charge in [-0.3, -0.25) is 5.10 Å². The monoisotopic (exact) mass is 832 g/mol. The number of thioether (sulfide) groups is 1. The maximum Gasteiger partial charge on any atom is 0.435 e. The van der Waals surface area contributed by atoms with E-state index < -0.39 is 23.7 Å². The van der Waals surface area contributed by atoms with Crippen molar-refractivity contribution in [2.24, 2.45) is 0 Å². The van der Waals surface area contributed by atoms with Gasteiger partial charge in [-0.15, -0.1) is 11.8 Å². The van der Waals surface area contributed by atoms with E-state index in [4.69, 9.17) is 12.2 Å². The smallest absolute Gasteiger partial charge is 0.288 e. The van der Waals surface area contributed by atoms with Crippen LogP contribution >= 0.6 is 78.4 Å². The minimum atomic E-state index is -4.43. The minimum Gasteiger partial charge on any atom is -0.288 e. The lowest BCUT2D eigenvalue weighted by Gasteiger charge is -2.05. The van der Waals surface area contributed by atoms with E-state index in [9.17, 15) is 26.3 Å². The predicted molar refractivity (Wildman–Crippen MR) is 165 cm³/mol. The quantitative estimate of drug-likeness (QED) is 0.0735. The second-order valence-electron chi connectivity index (χ2n) is 6.78. The van der Waals surface area contributed by atoms with E-state index in [1.54, 1.807) is 54.8 Å². The number of alkyl halides is 7. The van der Waals surface area contributed by atoms with E-state index in [-0.39, 0.29) is 19.5 Å². The molecule has 0 saturated heterocycles. The first kappa shape index (κ1) is 37.7. The molecule has 1 N–H and O–H groups in total. The molecular formula is C24H25Br2F6IN4S2. The van der Waals surface area contributed by atoms with Gasteiger partial charge in [0.15, 0.2) is 5.69 Å². The second kappa shape index (κ2) is 16.2. The highest BCUT2D eigenvalue weighted by Gasteiger charge is 2.35. The van der Waals surface area contributed by atoms with E-state index in [1.165, 1.54) is 21.1 Å². The summed E-state index contributed by atoms with van der Waals surface area (Å²) >= 11 is 14.8. The predicted octanol–water partition coefficient (Wildman–Crippen LogP) is 11.0. The number of halogens is 9. The fourth-order valence-electron chi connectivity index (χ4n) is 2.74. The molecule has 0 aliphatic carbocycles. The highest BCUT2D eigenvalue weighted by molar-refractivity contribution is 14.1. The van der Waals surface area contributed by atoms with Crippen molar-refractivity contribution in [3.8, 4) is 11.4 Å². The molecule has 2 heterocycles. The number of H-pyrrole nitrogens is 1. The minimum absolute atomic E-state index is 0. The van der Waals surface area contributed by atoms with Crippen LogP contribution in [0.15, 0.2) is 74.6 Å². The molecule has 2 aromatic carbocycles. The summed E-state index contributed by atoms with van der Waals surface area (Å²) in [5.41, 5.74) is -0.591. The van der Waals surface area contributed by atoms with Crippen molar-refractivity contribution in [2.45, 2.75) is 32.2 Å². The van der Waals surface area contributed by atoms with Crippen LogP contribution in [0.2, 0.25) is 0 Å². The summed E-state index contributed by atoms with van der Waals surface area (Å²) in [7, 11) is 0. The SMILES string of the molecule is C.C.CI.CSc1cc(C(F)(F)F)nn1-c1ccc(Br)cc1.FC(F)(F)c1cc(=S)n(-c2ccc(Br)cc2)[nH]1. The molecule has 4 aromatic rings. The lowest BCUT2D eigenvalue weighted by atomic mass is 10.3. The third-order valence-corrected chi connectivity index (χ3v) is 6.42. The Morgan fingerprint density at radius 1 is 0.821 bits per heavy atom. The van der Waals surface area contributed by atoms with Crippen molar-refractivity contribution < 1.29 is 26.3 Å². The van der Waals surface area contributed by atoms with Gasteiger partial charge in [-0.05, 0) is 59.7 Å². The lowest BCUT2D eigenvalue weighted by Crippen LogP contribution is -2.07. The van der Waals surface area contributed by atoms with E-state index in [1.807, 2.05) is 4.93 Å². The number of hydrogen-bond acceptors (Lipinski definition) is 3. The average Bonchev–Trinajstić information content (AvgIpc) is 3.46. The summed E-state index contributed by atoms with van der Waals surface area (Å²) in [6.45, 7) is 0. The zero-order chi connectivity index (χ0) is 28.0. The van der Waals surface area contributed by atoms with Gasteiger partial charge in [-0.2, -0.15) is 31.4 Å². The molecule has 0 amide bonds. The van der Waals surface area contributed by atoms with Crippen LogP contribution < -0.4 is 0 Å². The van der Waals surface area contributed by atoms with Crippen LogP contribution in [0.3, 0.4) is 0 Å². The molecule has 0 aliphatic rings. The Morgan fingerprint density at radius 3 is 1.67 bits per heavy atom. The highest BCUT2D eigenvalue weighted by atomic mass is 127. The zero-order valence-electron chi connectivity index (χ0n) is 18.8. The molecule has 0 atom stereocenters. The normalized spacial score (nSPS) is 10.7. The summed E-state index contributed by atoms with van der Waals surface area (Å²) in [4.78, 5) is 1.97. The molecule has 0 aliphatic heterocycles. The van der Waals surface area contributed by atoms with Crippen LogP contribution in [0.25, 0.3) is 11.4 Å². The Bertz CT molecular complexity index is 1350. The summed E-state index contributed by atoms with van der Waals surface area (Å²) in [5, 5.41) is 6.29. The fourth-order valence-corrected chi connectivity index (χ4v) is 4.08. The summed E-state index contributed by atoms with van der Waals surface area (Å²) in [5.74, 6) is 0. The first-order valence-electron chi connectivity index (χ1n) is 9.80. The molecule has 0 spiro atoms. The highest BCUT2D eigenvalue weighted by Crippen LogP contribution is 2.32. The van der Waals surface area contributed by atoms with Crippen LogP contribution in [0.4, 0.5) is 26.3 Å². The number of rotatable bonds is 3. The molecule has 2 aromatic heterocycles. The Morgan fingerprint density at radius 2 is 1.28 bits per heavy atom. The Balaban J connectivity index is 0.000000665. The third kappa shape index (κ3) is 10.6. The van der Waals surface area contributed by atoms with Crippen LogP contribution in [0, 0.1) is 4.64 Å². The van der Waals surface area contributed by atoms with Crippen molar-refractivity contribution >= 4 is 78.4 Å². The molecular weight excluding hydrogens is 809 g/mol. The summed E-state index contributed by atoms with van der Waals surface area (Å²) < 4.78 is 79.5. The van der Waals surface area contributed by atoms with Crippen LogP contribution in [0.5, 0.6) is 0 Å². The lowest BCUT2D eigenvalue weighted by molar-refractivity contribution is -0.142. The average molecular weight is 834 g/mol. The number of benzene rings is 2. The standard InChI is InChI=1S/C11H8BrF3N2S.C10H6BrF3N2S.CH3I.2CH4/c1-18-10-6-9(11(13,14)15)16-17(10)8-4-2-7(12)3-5-8;11-6-1-3-7(4-2-6)16-9(17)5-8(15-16)10(12,13)14;1-2;;/h2-6H,1H3;1-5,15H;1H3;2*1H4. The first-order chi connectivity index (χ1) is 17.3. The molecule has 39 heavy (non-hydrogen) atoms. The van der Waals surface area contributed by atoms with Crippen molar-refractivity contribution in [1.82, 2.24) is 19.6 Å².